The fourth-order valence-electron chi connectivity index (χ4n) is 1.91. The summed E-state index contributed by atoms with van der Waals surface area (Å²) in [5.74, 6) is 1.52. The van der Waals surface area contributed by atoms with Gasteiger partial charge in [0.1, 0.15) is 11.6 Å². The van der Waals surface area contributed by atoms with Crippen LogP contribution in [0.5, 0.6) is 5.75 Å². The third-order valence-electron chi connectivity index (χ3n) is 2.98. The van der Waals surface area contributed by atoms with Gasteiger partial charge in [-0.05, 0) is 48.6 Å². The van der Waals surface area contributed by atoms with E-state index in [4.69, 9.17) is 10.5 Å². The maximum Gasteiger partial charge on any atom is 0.126 e. The number of rotatable bonds is 4. The molecule has 0 bridgehead atoms. The summed E-state index contributed by atoms with van der Waals surface area (Å²) < 4.78 is 5.14. The van der Waals surface area contributed by atoms with E-state index in [0.29, 0.717) is 5.82 Å². The van der Waals surface area contributed by atoms with Gasteiger partial charge < -0.3 is 10.5 Å². The van der Waals surface area contributed by atoms with E-state index < -0.39 is 0 Å². The molecule has 1 aromatic carbocycles. The number of nitrogen functional groups attached to an aromatic ring is 1. The summed E-state index contributed by atoms with van der Waals surface area (Å²) in [4.78, 5) is 4.18. The van der Waals surface area contributed by atoms with Crippen LogP contribution < -0.4 is 10.5 Å². The van der Waals surface area contributed by atoms with Gasteiger partial charge in [-0.25, -0.2) is 4.98 Å². The molecule has 2 rings (SSSR count). The Morgan fingerprint density at radius 2 is 1.89 bits per heavy atom. The molecule has 0 aliphatic carbocycles. The molecule has 3 nitrogen and oxygen atoms in total. The molecule has 0 saturated heterocycles. The lowest BCUT2D eigenvalue weighted by molar-refractivity contribution is 0.414. The Hall–Kier alpha value is -2.03. The number of nitrogens with zero attached hydrogens (tertiary/aromatic N) is 1. The van der Waals surface area contributed by atoms with Gasteiger partial charge in [0.15, 0.2) is 0 Å². The van der Waals surface area contributed by atoms with E-state index in [9.17, 15) is 0 Å². The van der Waals surface area contributed by atoms with Gasteiger partial charge in [0.2, 0.25) is 0 Å². The van der Waals surface area contributed by atoms with Gasteiger partial charge in [-0.1, -0.05) is 18.2 Å². The van der Waals surface area contributed by atoms with Crippen LogP contribution in [0.4, 0.5) is 5.82 Å². The molecule has 0 unspecified atom stereocenters. The van der Waals surface area contributed by atoms with Gasteiger partial charge in [0.05, 0.1) is 7.11 Å². The van der Waals surface area contributed by atoms with Crippen molar-refractivity contribution < 1.29 is 4.74 Å². The van der Waals surface area contributed by atoms with Crippen LogP contribution in [0.15, 0.2) is 36.5 Å². The first-order chi connectivity index (χ1) is 8.69. The third-order valence-corrected chi connectivity index (χ3v) is 2.98. The number of anilines is 1. The Kier molecular flexibility index (Phi) is 3.82. The molecular weight excluding hydrogens is 224 g/mol. The molecule has 18 heavy (non-hydrogen) atoms. The topological polar surface area (TPSA) is 48.1 Å². The Morgan fingerprint density at radius 1 is 1.17 bits per heavy atom. The molecule has 2 N–H and O–H groups in total. The van der Waals surface area contributed by atoms with Crippen LogP contribution in [-0.2, 0) is 12.8 Å². The standard InChI is InChI=1S/C15H18N2O/c1-11-9-13(15(16)17-10-11)6-3-12-4-7-14(18-2)8-5-12/h4-5,7-10H,3,6H2,1-2H3,(H2,16,17). The van der Waals surface area contributed by atoms with E-state index in [2.05, 4.69) is 23.2 Å². The SMILES string of the molecule is COc1ccc(CCc2cc(C)cnc2N)cc1. The summed E-state index contributed by atoms with van der Waals surface area (Å²) in [6.07, 6.45) is 3.67. The van der Waals surface area contributed by atoms with E-state index in [-0.39, 0.29) is 0 Å². The number of benzene rings is 1. The second-order valence-electron chi connectivity index (χ2n) is 4.41. The molecule has 0 fully saturated rings. The molecule has 1 heterocycles. The van der Waals surface area contributed by atoms with Gasteiger partial charge in [0.25, 0.3) is 0 Å². The summed E-state index contributed by atoms with van der Waals surface area (Å²) >= 11 is 0. The second kappa shape index (κ2) is 5.54. The molecule has 2 aromatic rings. The first kappa shape index (κ1) is 12.4. The van der Waals surface area contributed by atoms with Crippen molar-refractivity contribution in [1.82, 2.24) is 4.98 Å². The highest BCUT2D eigenvalue weighted by molar-refractivity contribution is 5.41. The Bertz CT molecular complexity index is 521. The van der Waals surface area contributed by atoms with Crippen LogP contribution in [-0.4, -0.2) is 12.1 Å². The van der Waals surface area contributed by atoms with Crippen molar-refractivity contribution in [2.45, 2.75) is 19.8 Å². The van der Waals surface area contributed by atoms with E-state index in [1.165, 1.54) is 5.56 Å². The molecule has 0 aliphatic heterocycles. The minimum Gasteiger partial charge on any atom is -0.497 e. The van der Waals surface area contributed by atoms with Gasteiger partial charge in [-0.2, -0.15) is 0 Å². The number of aryl methyl sites for hydroxylation is 3. The van der Waals surface area contributed by atoms with Gasteiger partial charge >= 0.3 is 0 Å². The van der Waals surface area contributed by atoms with Crippen LogP contribution in [0.3, 0.4) is 0 Å². The molecule has 1 aromatic heterocycles. The second-order valence-corrected chi connectivity index (χ2v) is 4.41. The summed E-state index contributed by atoms with van der Waals surface area (Å²) in [7, 11) is 1.67. The molecule has 0 radical (unpaired) electrons. The molecule has 94 valence electrons. The lowest BCUT2D eigenvalue weighted by Crippen LogP contribution is -2.00. The van der Waals surface area contributed by atoms with Gasteiger partial charge in [0, 0.05) is 6.20 Å². The lowest BCUT2D eigenvalue weighted by Gasteiger charge is -2.07. The first-order valence-corrected chi connectivity index (χ1v) is 6.03. The van der Waals surface area contributed by atoms with Crippen molar-refractivity contribution in [3.05, 3.63) is 53.2 Å². The minimum absolute atomic E-state index is 0.633. The van der Waals surface area contributed by atoms with E-state index in [1.54, 1.807) is 13.3 Å². The number of aromatic nitrogens is 1. The van der Waals surface area contributed by atoms with Crippen LogP contribution in [0.2, 0.25) is 0 Å². The van der Waals surface area contributed by atoms with E-state index >= 15 is 0 Å². The van der Waals surface area contributed by atoms with Crippen LogP contribution >= 0.6 is 0 Å². The number of ether oxygens (including phenoxy) is 1. The van der Waals surface area contributed by atoms with Gasteiger partial charge in [-0.3, -0.25) is 0 Å². The summed E-state index contributed by atoms with van der Waals surface area (Å²) in [6, 6.07) is 10.2. The maximum absolute atomic E-state index is 5.87. The smallest absolute Gasteiger partial charge is 0.126 e. The quantitative estimate of drug-likeness (QED) is 0.896. The number of methoxy groups -OCH3 is 1. The average molecular weight is 242 g/mol. The third kappa shape index (κ3) is 3.00. The zero-order valence-corrected chi connectivity index (χ0v) is 10.8. The number of pyridine rings is 1. The van der Waals surface area contributed by atoms with Crippen molar-refractivity contribution >= 4 is 5.82 Å². The minimum atomic E-state index is 0.633. The largest absolute Gasteiger partial charge is 0.497 e. The summed E-state index contributed by atoms with van der Waals surface area (Å²) in [5, 5.41) is 0. The van der Waals surface area contributed by atoms with Crippen LogP contribution in [0.25, 0.3) is 0 Å². The van der Waals surface area contributed by atoms with Gasteiger partial charge in [-0.15, -0.1) is 0 Å². The normalized spacial score (nSPS) is 10.3. The fraction of sp³-hybridized carbons (Fsp3) is 0.267. The highest BCUT2D eigenvalue weighted by atomic mass is 16.5. The average Bonchev–Trinajstić information content (AvgIpc) is 2.40. The molecule has 0 saturated carbocycles. The van der Waals surface area contributed by atoms with Crippen LogP contribution in [0.1, 0.15) is 16.7 Å². The highest BCUT2D eigenvalue weighted by Crippen LogP contribution is 2.16. The molecule has 3 heteroatoms. The van der Waals surface area contributed by atoms with Crippen molar-refractivity contribution in [2.75, 3.05) is 12.8 Å². The predicted octanol–water partition coefficient (Wildman–Crippen LogP) is 2.77. The lowest BCUT2D eigenvalue weighted by atomic mass is 10.0. The van der Waals surface area contributed by atoms with Crippen molar-refractivity contribution in [3.8, 4) is 5.75 Å². The zero-order valence-electron chi connectivity index (χ0n) is 10.8. The molecular formula is C15H18N2O. The Labute approximate surface area is 108 Å². The van der Waals surface area contributed by atoms with E-state index in [1.807, 2.05) is 19.1 Å². The fourth-order valence-corrected chi connectivity index (χ4v) is 1.91. The molecule has 0 spiro atoms. The Morgan fingerprint density at radius 3 is 2.56 bits per heavy atom. The molecule has 0 aliphatic rings. The number of hydrogen-bond acceptors (Lipinski definition) is 3. The van der Waals surface area contributed by atoms with E-state index in [0.717, 1.165) is 29.7 Å². The van der Waals surface area contributed by atoms with Crippen molar-refractivity contribution in [3.63, 3.8) is 0 Å². The van der Waals surface area contributed by atoms with Crippen LogP contribution in [0, 0.1) is 6.92 Å². The number of nitrogens with two attached hydrogens (primary N) is 1. The maximum atomic E-state index is 5.87. The Balaban J connectivity index is 2.04. The highest BCUT2D eigenvalue weighted by Gasteiger charge is 2.02. The first-order valence-electron chi connectivity index (χ1n) is 6.03. The molecule has 0 amide bonds. The van der Waals surface area contributed by atoms with Crippen molar-refractivity contribution in [2.24, 2.45) is 0 Å². The number of hydrogen-bond donors (Lipinski definition) is 1. The summed E-state index contributed by atoms with van der Waals surface area (Å²) in [5.41, 5.74) is 9.41. The molecule has 0 atom stereocenters. The van der Waals surface area contributed by atoms with Crippen molar-refractivity contribution in [1.29, 1.82) is 0 Å². The monoisotopic (exact) mass is 242 g/mol. The summed E-state index contributed by atoms with van der Waals surface area (Å²) in [6.45, 7) is 2.03. The zero-order chi connectivity index (χ0) is 13.0. The predicted molar refractivity (Wildman–Crippen MR) is 73.8 cm³/mol.